The molecular formula is C6H12N4O2. The second kappa shape index (κ2) is 5.14. The van der Waals surface area contributed by atoms with Crippen LogP contribution in [0.5, 0.6) is 0 Å². The van der Waals surface area contributed by atoms with Crippen molar-refractivity contribution in [3.8, 4) is 0 Å². The summed E-state index contributed by atoms with van der Waals surface area (Å²) in [6.07, 6.45) is 1.33. The van der Waals surface area contributed by atoms with Crippen LogP contribution in [0.3, 0.4) is 0 Å². The summed E-state index contributed by atoms with van der Waals surface area (Å²) in [5.74, 6) is 4.06. The lowest BCUT2D eigenvalue weighted by molar-refractivity contribution is -0.117. The molecule has 0 atom stereocenters. The average Bonchev–Trinajstić information content (AvgIpc) is 2.11. The van der Waals surface area contributed by atoms with E-state index in [0.29, 0.717) is 0 Å². The maximum atomic E-state index is 10.9. The highest BCUT2D eigenvalue weighted by atomic mass is 16.5. The Bertz CT molecular complexity index is 194. The summed E-state index contributed by atoms with van der Waals surface area (Å²) in [6, 6.07) is 0. The van der Waals surface area contributed by atoms with Gasteiger partial charge in [0.15, 0.2) is 0 Å². The van der Waals surface area contributed by atoms with E-state index in [4.69, 9.17) is 11.3 Å². The summed E-state index contributed by atoms with van der Waals surface area (Å²) in [6.45, 7) is 0. The maximum absolute atomic E-state index is 10.9. The average molecular weight is 172 g/mol. The Labute approximate surface area is 70.2 Å². The minimum Gasteiger partial charge on any atom is -0.481 e. The smallest absolute Gasteiger partial charge is 0.272 e. The third-order valence-electron chi connectivity index (χ3n) is 1.11. The lowest BCUT2D eigenvalue weighted by Gasteiger charge is -2.05. The summed E-state index contributed by atoms with van der Waals surface area (Å²) in [5, 5.41) is 9.78. The third-order valence-corrected chi connectivity index (χ3v) is 1.11. The molecule has 6 heteroatoms. The number of carbonyl (C=O) groups is 1. The fourth-order valence-corrected chi connectivity index (χ4v) is 0.566. The van der Waals surface area contributed by atoms with E-state index in [0.717, 1.165) is 0 Å². The molecule has 5 N–H and O–H groups in total. The van der Waals surface area contributed by atoms with Crippen LogP contribution < -0.4 is 16.6 Å². The minimum atomic E-state index is -0.573. The van der Waals surface area contributed by atoms with Crippen molar-refractivity contribution in [3.63, 3.8) is 0 Å². The zero-order valence-electron chi connectivity index (χ0n) is 6.97. The van der Waals surface area contributed by atoms with Crippen molar-refractivity contribution in [2.24, 2.45) is 5.84 Å². The Morgan fingerprint density at radius 1 is 1.67 bits per heavy atom. The van der Waals surface area contributed by atoms with Gasteiger partial charge in [-0.1, -0.05) is 0 Å². The van der Waals surface area contributed by atoms with Gasteiger partial charge in [0.1, 0.15) is 5.57 Å². The molecule has 1 amide bonds. The molecule has 0 aromatic rings. The van der Waals surface area contributed by atoms with E-state index >= 15 is 0 Å². The van der Waals surface area contributed by atoms with Gasteiger partial charge in [0, 0.05) is 13.2 Å². The molecule has 0 heterocycles. The van der Waals surface area contributed by atoms with Crippen molar-refractivity contribution in [1.82, 2.24) is 10.7 Å². The first kappa shape index (κ1) is 10.4. The second-order valence-corrected chi connectivity index (χ2v) is 1.85. The number of hydrazine groups is 1. The molecule has 68 valence electrons. The molecule has 0 aromatic carbocycles. The van der Waals surface area contributed by atoms with Crippen LogP contribution in [-0.2, 0) is 9.53 Å². The highest BCUT2D eigenvalue weighted by Crippen LogP contribution is 1.95. The molecule has 0 spiro atoms. The Balaban J connectivity index is 4.55. The van der Waals surface area contributed by atoms with Gasteiger partial charge in [-0.2, -0.15) is 0 Å². The van der Waals surface area contributed by atoms with Crippen LogP contribution in [0.15, 0.2) is 11.8 Å². The number of ether oxygens (including phenoxy) is 1. The zero-order chi connectivity index (χ0) is 9.56. The van der Waals surface area contributed by atoms with Crippen LogP contribution in [0.1, 0.15) is 0 Å². The van der Waals surface area contributed by atoms with Gasteiger partial charge in [0.2, 0.25) is 5.90 Å². The first-order chi connectivity index (χ1) is 5.67. The number of amides is 1. The molecule has 0 saturated heterocycles. The monoisotopic (exact) mass is 172 g/mol. The predicted octanol–water partition coefficient (Wildman–Crippen LogP) is -1.30. The molecule has 0 bridgehead atoms. The van der Waals surface area contributed by atoms with Crippen molar-refractivity contribution < 1.29 is 9.53 Å². The standard InChI is InChI=1S/C6H12N4O2/c1-9-3-4(5(7)12-2)6(11)10-8/h3,7,9H,8H2,1-2H3,(H,10,11)/b4-3+,7-5?. The number of nitrogens with one attached hydrogen (secondary N) is 3. The fourth-order valence-electron chi connectivity index (χ4n) is 0.566. The lowest BCUT2D eigenvalue weighted by Crippen LogP contribution is -2.34. The highest BCUT2D eigenvalue weighted by molar-refractivity contribution is 6.17. The number of hydrogen-bond donors (Lipinski definition) is 4. The summed E-state index contributed by atoms with van der Waals surface area (Å²) in [5.41, 5.74) is 1.94. The minimum absolute atomic E-state index is 0.0440. The maximum Gasteiger partial charge on any atom is 0.272 e. The summed E-state index contributed by atoms with van der Waals surface area (Å²) in [7, 11) is 2.91. The summed E-state index contributed by atoms with van der Waals surface area (Å²) >= 11 is 0. The van der Waals surface area contributed by atoms with Crippen LogP contribution in [0.25, 0.3) is 0 Å². The largest absolute Gasteiger partial charge is 0.481 e. The first-order valence-corrected chi connectivity index (χ1v) is 3.18. The first-order valence-electron chi connectivity index (χ1n) is 3.18. The summed E-state index contributed by atoms with van der Waals surface area (Å²) in [4.78, 5) is 10.9. The molecule has 6 nitrogen and oxygen atoms in total. The van der Waals surface area contributed by atoms with Gasteiger partial charge >= 0.3 is 0 Å². The summed E-state index contributed by atoms with van der Waals surface area (Å²) < 4.78 is 4.55. The molecule has 0 aliphatic rings. The van der Waals surface area contributed by atoms with E-state index in [1.165, 1.54) is 13.3 Å². The van der Waals surface area contributed by atoms with Crippen molar-refractivity contribution in [1.29, 1.82) is 5.41 Å². The second-order valence-electron chi connectivity index (χ2n) is 1.85. The van der Waals surface area contributed by atoms with Gasteiger partial charge in [-0.25, -0.2) is 5.84 Å². The fraction of sp³-hybridized carbons (Fsp3) is 0.333. The van der Waals surface area contributed by atoms with Gasteiger partial charge in [-0.15, -0.1) is 0 Å². The molecule has 0 aliphatic heterocycles. The number of rotatable bonds is 3. The topological polar surface area (TPSA) is 100 Å². The van der Waals surface area contributed by atoms with E-state index < -0.39 is 5.91 Å². The van der Waals surface area contributed by atoms with Crippen LogP contribution >= 0.6 is 0 Å². The van der Waals surface area contributed by atoms with E-state index in [1.54, 1.807) is 7.05 Å². The molecule has 0 aliphatic carbocycles. The van der Waals surface area contributed by atoms with Crippen LogP contribution in [0.2, 0.25) is 0 Å². The van der Waals surface area contributed by atoms with Crippen molar-refractivity contribution in [2.45, 2.75) is 0 Å². The van der Waals surface area contributed by atoms with Crippen LogP contribution in [0.4, 0.5) is 0 Å². The Morgan fingerprint density at radius 3 is 2.58 bits per heavy atom. The van der Waals surface area contributed by atoms with Gasteiger partial charge in [-0.3, -0.25) is 15.6 Å². The van der Waals surface area contributed by atoms with Crippen molar-refractivity contribution >= 4 is 11.8 Å². The van der Waals surface area contributed by atoms with E-state index in [-0.39, 0.29) is 11.5 Å². The number of methoxy groups -OCH3 is 1. The Morgan fingerprint density at radius 2 is 2.25 bits per heavy atom. The third kappa shape index (κ3) is 2.59. The van der Waals surface area contributed by atoms with Crippen molar-refractivity contribution in [2.75, 3.05) is 14.2 Å². The molecule has 0 saturated carbocycles. The molecule has 0 rings (SSSR count). The van der Waals surface area contributed by atoms with Gasteiger partial charge in [0.05, 0.1) is 7.11 Å². The molecular weight excluding hydrogens is 160 g/mol. The van der Waals surface area contributed by atoms with E-state index in [9.17, 15) is 4.79 Å². The quantitative estimate of drug-likeness (QED) is 0.106. The predicted molar refractivity (Wildman–Crippen MR) is 44.2 cm³/mol. The molecule has 0 aromatic heterocycles. The van der Waals surface area contributed by atoms with Gasteiger partial charge < -0.3 is 10.1 Å². The van der Waals surface area contributed by atoms with Gasteiger partial charge in [-0.05, 0) is 0 Å². The molecule has 12 heavy (non-hydrogen) atoms. The molecule has 0 radical (unpaired) electrons. The number of carbonyl (C=O) groups excluding carboxylic acids is 1. The normalized spacial score (nSPS) is 10.4. The molecule has 0 fully saturated rings. The highest BCUT2D eigenvalue weighted by Gasteiger charge is 2.13. The number of hydrogen-bond acceptors (Lipinski definition) is 5. The Hall–Kier alpha value is -1.56. The van der Waals surface area contributed by atoms with E-state index in [2.05, 4.69) is 10.1 Å². The van der Waals surface area contributed by atoms with Crippen LogP contribution in [-0.4, -0.2) is 26.0 Å². The lowest BCUT2D eigenvalue weighted by atomic mass is 10.3. The van der Waals surface area contributed by atoms with Crippen LogP contribution in [0, 0.1) is 5.41 Å². The SMILES string of the molecule is CN/C=C(\C(=N)OC)C(=O)NN. The molecule has 0 unspecified atom stereocenters. The van der Waals surface area contributed by atoms with Crippen molar-refractivity contribution in [3.05, 3.63) is 11.8 Å². The van der Waals surface area contributed by atoms with Gasteiger partial charge in [0.25, 0.3) is 5.91 Å². The van der Waals surface area contributed by atoms with E-state index in [1.807, 2.05) is 5.43 Å². The zero-order valence-corrected chi connectivity index (χ0v) is 6.97. The Kier molecular flexibility index (Phi) is 4.47. The number of nitrogens with two attached hydrogens (primary N) is 1.